The molecule has 138 valence electrons. The van der Waals surface area contributed by atoms with Gasteiger partial charge in [-0.3, -0.25) is 4.68 Å². The highest BCUT2D eigenvalue weighted by Gasteiger charge is 2.25. The predicted molar refractivity (Wildman–Crippen MR) is 107 cm³/mol. The van der Waals surface area contributed by atoms with Gasteiger partial charge in [0.2, 0.25) is 0 Å². The summed E-state index contributed by atoms with van der Waals surface area (Å²) in [6.07, 6.45) is 0. The SMILES string of the molecule is CN(C)C(=C(C#N)c1csc(N2CCNCC2)n1)c1c(Cl)nn(C)c1Cl. The minimum Gasteiger partial charge on any atom is -0.376 e. The fraction of sp³-hybridized carbons (Fsp3) is 0.438. The Morgan fingerprint density at radius 1 is 1.35 bits per heavy atom. The molecule has 7 nitrogen and oxygen atoms in total. The molecule has 10 heteroatoms. The van der Waals surface area contributed by atoms with Gasteiger partial charge in [0.1, 0.15) is 16.8 Å². The Balaban J connectivity index is 2.09. The van der Waals surface area contributed by atoms with E-state index in [1.807, 2.05) is 24.4 Å². The first-order valence-corrected chi connectivity index (χ1v) is 9.69. The van der Waals surface area contributed by atoms with Crippen LogP contribution in [0.2, 0.25) is 10.3 Å². The van der Waals surface area contributed by atoms with Gasteiger partial charge in [-0.2, -0.15) is 10.4 Å². The van der Waals surface area contributed by atoms with Crippen molar-refractivity contribution in [2.45, 2.75) is 0 Å². The standard InChI is InChI=1S/C16H19Cl2N7S/c1-23(2)13(12-14(17)22-24(3)15(12)18)10(8-19)11-9-26-16(21-11)25-6-4-20-5-7-25/h9,20H,4-7H2,1-3H3. The number of hydrogen-bond acceptors (Lipinski definition) is 7. The summed E-state index contributed by atoms with van der Waals surface area (Å²) in [7, 11) is 5.40. The third kappa shape index (κ3) is 3.53. The maximum atomic E-state index is 9.86. The molecule has 0 saturated carbocycles. The van der Waals surface area contributed by atoms with Crippen molar-refractivity contribution >= 4 is 50.9 Å². The molecule has 0 aliphatic carbocycles. The summed E-state index contributed by atoms with van der Waals surface area (Å²) >= 11 is 14.2. The predicted octanol–water partition coefficient (Wildman–Crippen LogP) is 2.55. The van der Waals surface area contributed by atoms with Crippen molar-refractivity contribution in [3.8, 4) is 6.07 Å². The molecule has 0 unspecified atom stereocenters. The zero-order valence-electron chi connectivity index (χ0n) is 14.8. The van der Waals surface area contributed by atoms with Crippen LogP contribution in [0.3, 0.4) is 0 Å². The van der Waals surface area contributed by atoms with E-state index in [0.29, 0.717) is 27.7 Å². The lowest BCUT2D eigenvalue weighted by molar-refractivity contribution is 0.588. The normalized spacial score (nSPS) is 15.6. The minimum absolute atomic E-state index is 0.256. The molecular formula is C16H19Cl2N7S. The lowest BCUT2D eigenvalue weighted by Crippen LogP contribution is -2.43. The van der Waals surface area contributed by atoms with Crippen molar-refractivity contribution in [1.82, 2.24) is 25.0 Å². The van der Waals surface area contributed by atoms with Gasteiger partial charge in [0.05, 0.1) is 17.0 Å². The number of rotatable bonds is 4. The Labute approximate surface area is 166 Å². The van der Waals surface area contributed by atoms with Gasteiger partial charge >= 0.3 is 0 Å². The third-order valence-corrected chi connectivity index (χ3v) is 5.70. The molecule has 0 aromatic carbocycles. The second-order valence-corrected chi connectivity index (χ2v) is 7.62. The first kappa shape index (κ1) is 19.0. The summed E-state index contributed by atoms with van der Waals surface area (Å²) in [5.41, 5.74) is 2.18. The summed E-state index contributed by atoms with van der Waals surface area (Å²) in [4.78, 5) is 8.73. The Morgan fingerprint density at radius 3 is 2.58 bits per heavy atom. The molecular weight excluding hydrogens is 393 g/mol. The van der Waals surface area contributed by atoms with Crippen LogP contribution < -0.4 is 10.2 Å². The molecule has 1 aliphatic heterocycles. The van der Waals surface area contributed by atoms with E-state index >= 15 is 0 Å². The van der Waals surface area contributed by atoms with E-state index in [-0.39, 0.29) is 5.15 Å². The first-order chi connectivity index (χ1) is 12.4. The highest BCUT2D eigenvalue weighted by Crippen LogP contribution is 2.37. The fourth-order valence-electron chi connectivity index (χ4n) is 2.85. The van der Waals surface area contributed by atoms with Crippen molar-refractivity contribution in [1.29, 1.82) is 5.26 Å². The molecule has 3 heterocycles. The summed E-state index contributed by atoms with van der Waals surface area (Å²) in [5, 5.41) is 20.8. The number of hydrogen-bond donors (Lipinski definition) is 1. The van der Waals surface area contributed by atoms with E-state index in [0.717, 1.165) is 31.3 Å². The van der Waals surface area contributed by atoms with Crippen LogP contribution in [-0.2, 0) is 7.05 Å². The number of thiazole rings is 1. The van der Waals surface area contributed by atoms with Crippen molar-refractivity contribution in [2.24, 2.45) is 7.05 Å². The van der Waals surface area contributed by atoms with Crippen LogP contribution >= 0.6 is 34.5 Å². The molecule has 0 radical (unpaired) electrons. The molecule has 1 aliphatic rings. The lowest BCUT2D eigenvalue weighted by Gasteiger charge is -2.26. The Bertz CT molecular complexity index is 872. The average molecular weight is 412 g/mol. The molecule has 0 atom stereocenters. The average Bonchev–Trinajstić information content (AvgIpc) is 3.19. The summed E-state index contributed by atoms with van der Waals surface area (Å²) in [6, 6.07) is 2.28. The monoisotopic (exact) mass is 411 g/mol. The zero-order chi connectivity index (χ0) is 18.8. The molecule has 2 aromatic heterocycles. The summed E-state index contributed by atoms with van der Waals surface area (Å²) in [5.74, 6) is 0. The maximum absolute atomic E-state index is 9.86. The molecule has 2 aromatic rings. The molecule has 0 bridgehead atoms. The van der Waals surface area contributed by atoms with E-state index in [1.54, 1.807) is 7.05 Å². The minimum atomic E-state index is 0.256. The molecule has 26 heavy (non-hydrogen) atoms. The topological polar surface area (TPSA) is 73.0 Å². The van der Waals surface area contributed by atoms with Crippen LogP contribution in [-0.4, -0.2) is 59.9 Å². The van der Waals surface area contributed by atoms with Crippen LogP contribution in [0.25, 0.3) is 11.3 Å². The molecule has 1 N–H and O–H groups in total. The number of nitriles is 1. The highest BCUT2D eigenvalue weighted by atomic mass is 35.5. The van der Waals surface area contributed by atoms with Gasteiger partial charge in [-0.25, -0.2) is 4.98 Å². The molecule has 1 fully saturated rings. The van der Waals surface area contributed by atoms with Crippen molar-refractivity contribution in [3.05, 3.63) is 26.9 Å². The number of aromatic nitrogens is 3. The van der Waals surface area contributed by atoms with Gasteiger partial charge in [0.25, 0.3) is 0 Å². The lowest BCUT2D eigenvalue weighted by atomic mass is 10.1. The summed E-state index contributed by atoms with van der Waals surface area (Å²) < 4.78 is 1.49. The van der Waals surface area contributed by atoms with Crippen LogP contribution in [0.4, 0.5) is 5.13 Å². The van der Waals surface area contributed by atoms with E-state index in [9.17, 15) is 5.26 Å². The van der Waals surface area contributed by atoms with E-state index in [2.05, 4.69) is 21.4 Å². The molecule has 0 amide bonds. The van der Waals surface area contributed by atoms with Crippen LogP contribution in [0, 0.1) is 11.3 Å². The zero-order valence-corrected chi connectivity index (χ0v) is 17.1. The molecule has 1 saturated heterocycles. The number of nitrogens with one attached hydrogen (secondary N) is 1. The van der Waals surface area contributed by atoms with Gasteiger partial charge in [0, 0.05) is 52.7 Å². The van der Waals surface area contributed by atoms with Gasteiger partial charge < -0.3 is 15.1 Å². The maximum Gasteiger partial charge on any atom is 0.185 e. The van der Waals surface area contributed by atoms with Gasteiger partial charge in [-0.15, -0.1) is 11.3 Å². The Morgan fingerprint density at radius 2 is 2.04 bits per heavy atom. The second-order valence-electron chi connectivity index (χ2n) is 6.06. The highest BCUT2D eigenvalue weighted by molar-refractivity contribution is 7.13. The smallest absolute Gasteiger partial charge is 0.185 e. The first-order valence-electron chi connectivity index (χ1n) is 8.05. The number of piperazine rings is 1. The van der Waals surface area contributed by atoms with Crippen molar-refractivity contribution in [2.75, 3.05) is 45.2 Å². The van der Waals surface area contributed by atoms with E-state index in [1.165, 1.54) is 16.0 Å². The Hall–Kier alpha value is -1.79. The van der Waals surface area contributed by atoms with Crippen LogP contribution in [0.5, 0.6) is 0 Å². The fourth-order valence-corrected chi connectivity index (χ4v) is 4.28. The number of anilines is 1. The second kappa shape index (κ2) is 7.84. The largest absolute Gasteiger partial charge is 0.376 e. The van der Waals surface area contributed by atoms with Gasteiger partial charge in [-0.1, -0.05) is 23.2 Å². The molecule has 0 spiro atoms. The van der Waals surface area contributed by atoms with Crippen molar-refractivity contribution in [3.63, 3.8) is 0 Å². The van der Waals surface area contributed by atoms with Crippen LogP contribution in [0.15, 0.2) is 5.38 Å². The number of halogens is 2. The van der Waals surface area contributed by atoms with Gasteiger partial charge in [0.15, 0.2) is 10.3 Å². The van der Waals surface area contributed by atoms with E-state index in [4.69, 9.17) is 28.2 Å². The molecule has 3 rings (SSSR count). The quantitative estimate of drug-likeness (QED) is 0.779. The number of allylic oxidation sites excluding steroid dienone is 1. The van der Waals surface area contributed by atoms with E-state index < -0.39 is 0 Å². The summed E-state index contributed by atoms with van der Waals surface area (Å²) in [6.45, 7) is 3.66. The number of nitrogens with zero attached hydrogens (tertiary/aromatic N) is 6. The number of aryl methyl sites for hydroxylation is 1. The van der Waals surface area contributed by atoms with Crippen molar-refractivity contribution < 1.29 is 0 Å². The van der Waals surface area contributed by atoms with Gasteiger partial charge in [-0.05, 0) is 0 Å². The Kier molecular flexibility index (Phi) is 5.73. The van der Waals surface area contributed by atoms with Crippen LogP contribution in [0.1, 0.15) is 11.3 Å². The third-order valence-electron chi connectivity index (χ3n) is 4.10.